The van der Waals surface area contributed by atoms with E-state index >= 15 is 0 Å². The minimum atomic E-state index is -0.0685. The van der Waals surface area contributed by atoms with E-state index in [2.05, 4.69) is 10.2 Å². The third-order valence-corrected chi connectivity index (χ3v) is 4.18. The molecule has 0 radical (unpaired) electrons. The first-order valence-electron chi connectivity index (χ1n) is 7.52. The molecule has 2 aliphatic rings. The van der Waals surface area contributed by atoms with E-state index in [1.54, 1.807) is 24.3 Å². The van der Waals surface area contributed by atoms with Crippen molar-refractivity contribution in [3.63, 3.8) is 0 Å². The first-order chi connectivity index (χ1) is 11.2. The number of amides is 1. The summed E-state index contributed by atoms with van der Waals surface area (Å²) in [5, 5.41) is 8.02. The summed E-state index contributed by atoms with van der Waals surface area (Å²) >= 11 is 0. The molecular weight excluding hydrogens is 296 g/mol. The molecule has 1 fully saturated rings. The van der Waals surface area contributed by atoms with Gasteiger partial charge in [-0.2, -0.15) is 5.10 Å². The molecule has 1 aromatic carbocycles. The van der Waals surface area contributed by atoms with Crippen molar-refractivity contribution in [2.75, 3.05) is 19.1 Å². The summed E-state index contributed by atoms with van der Waals surface area (Å²) in [5.41, 5.74) is 6.94. The maximum Gasteiger partial charge on any atom is 0.254 e. The molecule has 0 aliphatic carbocycles. The summed E-state index contributed by atoms with van der Waals surface area (Å²) in [6.07, 6.45) is 1.81. The molecule has 7 nitrogen and oxygen atoms in total. The van der Waals surface area contributed by atoms with E-state index in [-0.39, 0.29) is 18.7 Å². The van der Waals surface area contributed by atoms with E-state index in [9.17, 15) is 4.79 Å². The number of anilines is 1. The summed E-state index contributed by atoms with van der Waals surface area (Å²) in [6, 6.07) is 8.74. The fourth-order valence-electron chi connectivity index (χ4n) is 3.04. The lowest BCUT2D eigenvalue weighted by Gasteiger charge is -2.24. The molecule has 1 amide bonds. The number of carbonyl (C=O) groups excluding carboxylic acids is 1. The Bertz CT molecular complexity index is 747. The monoisotopic (exact) mass is 312 g/mol. The molecule has 2 aromatic rings. The van der Waals surface area contributed by atoms with Crippen molar-refractivity contribution in [3.05, 3.63) is 41.6 Å². The third-order valence-electron chi connectivity index (χ3n) is 4.18. The van der Waals surface area contributed by atoms with Crippen molar-refractivity contribution in [2.45, 2.75) is 18.9 Å². The summed E-state index contributed by atoms with van der Waals surface area (Å²) in [5.74, 6) is 1.62. The van der Waals surface area contributed by atoms with Crippen LogP contribution in [0.1, 0.15) is 34.9 Å². The molecule has 0 spiro atoms. The lowest BCUT2D eigenvalue weighted by Crippen LogP contribution is -2.31. The summed E-state index contributed by atoms with van der Waals surface area (Å²) in [6.45, 7) is 0.893. The first-order valence-corrected chi connectivity index (χ1v) is 7.52. The third kappa shape index (κ3) is 2.44. The number of likely N-dealkylation sites (tertiary alicyclic amines) is 1. The Morgan fingerprint density at radius 2 is 2.04 bits per heavy atom. The number of hydrogen-bond donors (Lipinski definition) is 1. The standard InChI is InChI=1S/C16H16N4O3/c17-15-6-4-11(18-19-15)12-2-1-7-20(12)16(21)10-3-5-13-14(8-10)23-9-22-13/h3-6,8,12H,1-2,7,9H2,(H2,17,19). The van der Waals surface area contributed by atoms with Gasteiger partial charge in [-0.3, -0.25) is 4.79 Å². The number of carbonyl (C=O) groups is 1. The largest absolute Gasteiger partial charge is 0.454 e. The predicted molar refractivity (Wildman–Crippen MR) is 82.0 cm³/mol. The van der Waals surface area contributed by atoms with Gasteiger partial charge in [0.25, 0.3) is 5.91 Å². The number of benzene rings is 1. The molecule has 23 heavy (non-hydrogen) atoms. The molecule has 2 N–H and O–H groups in total. The number of nitrogens with two attached hydrogens (primary N) is 1. The zero-order chi connectivity index (χ0) is 15.8. The van der Waals surface area contributed by atoms with Gasteiger partial charge >= 0.3 is 0 Å². The van der Waals surface area contributed by atoms with E-state index in [4.69, 9.17) is 15.2 Å². The highest BCUT2D eigenvalue weighted by Crippen LogP contribution is 2.35. The molecule has 7 heteroatoms. The summed E-state index contributed by atoms with van der Waals surface area (Å²) < 4.78 is 10.6. The molecule has 1 atom stereocenters. The van der Waals surface area contributed by atoms with E-state index in [1.165, 1.54) is 0 Å². The molecule has 2 aliphatic heterocycles. The molecule has 0 saturated carbocycles. The van der Waals surface area contributed by atoms with Gasteiger partial charge in [0, 0.05) is 12.1 Å². The molecular formula is C16H16N4O3. The van der Waals surface area contributed by atoms with Crippen LogP contribution in [0.5, 0.6) is 11.5 Å². The second-order valence-electron chi connectivity index (χ2n) is 5.61. The van der Waals surface area contributed by atoms with Crippen molar-refractivity contribution in [2.24, 2.45) is 0 Å². The average molecular weight is 312 g/mol. The summed E-state index contributed by atoms with van der Waals surface area (Å²) in [7, 11) is 0. The van der Waals surface area contributed by atoms with Crippen LogP contribution in [-0.2, 0) is 0 Å². The van der Waals surface area contributed by atoms with Gasteiger partial charge in [-0.05, 0) is 43.2 Å². The summed E-state index contributed by atoms with van der Waals surface area (Å²) in [4.78, 5) is 14.7. The highest BCUT2D eigenvalue weighted by Gasteiger charge is 2.32. The Kier molecular flexibility index (Phi) is 3.25. The van der Waals surface area contributed by atoms with Gasteiger partial charge in [0.2, 0.25) is 6.79 Å². The SMILES string of the molecule is Nc1ccc(C2CCCN2C(=O)c2ccc3c(c2)OCO3)nn1. The van der Waals surface area contributed by atoms with Crippen LogP contribution in [0.3, 0.4) is 0 Å². The number of aromatic nitrogens is 2. The minimum Gasteiger partial charge on any atom is -0.454 e. The topological polar surface area (TPSA) is 90.6 Å². The lowest BCUT2D eigenvalue weighted by molar-refractivity contribution is 0.0732. The maximum atomic E-state index is 12.9. The Morgan fingerprint density at radius 1 is 1.17 bits per heavy atom. The van der Waals surface area contributed by atoms with Crippen LogP contribution in [0, 0.1) is 0 Å². The Labute approximate surface area is 133 Å². The quantitative estimate of drug-likeness (QED) is 0.908. The number of ether oxygens (including phenoxy) is 2. The van der Waals surface area contributed by atoms with Crippen molar-refractivity contribution in [1.82, 2.24) is 15.1 Å². The van der Waals surface area contributed by atoms with Crippen LogP contribution in [0.15, 0.2) is 30.3 Å². The number of rotatable bonds is 2. The molecule has 1 aromatic heterocycles. The normalized spacial score (nSPS) is 19.1. The van der Waals surface area contributed by atoms with Crippen LogP contribution in [-0.4, -0.2) is 34.3 Å². The highest BCUT2D eigenvalue weighted by molar-refractivity contribution is 5.95. The van der Waals surface area contributed by atoms with Crippen LogP contribution < -0.4 is 15.2 Å². The smallest absolute Gasteiger partial charge is 0.254 e. The van der Waals surface area contributed by atoms with Gasteiger partial charge in [-0.25, -0.2) is 0 Å². The van der Waals surface area contributed by atoms with Gasteiger partial charge in [-0.1, -0.05) is 0 Å². The van der Waals surface area contributed by atoms with E-state index < -0.39 is 0 Å². The van der Waals surface area contributed by atoms with Gasteiger partial charge < -0.3 is 20.1 Å². The van der Waals surface area contributed by atoms with Gasteiger partial charge in [0.1, 0.15) is 5.82 Å². The maximum absolute atomic E-state index is 12.9. The fourth-order valence-corrected chi connectivity index (χ4v) is 3.04. The molecule has 118 valence electrons. The molecule has 1 unspecified atom stereocenters. The van der Waals surface area contributed by atoms with E-state index in [0.29, 0.717) is 29.4 Å². The number of hydrogen-bond acceptors (Lipinski definition) is 6. The van der Waals surface area contributed by atoms with Crippen LogP contribution in [0.2, 0.25) is 0 Å². The zero-order valence-electron chi connectivity index (χ0n) is 12.4. The molecule has 4 rings (SSSR count). The fraction of sp³-hybridized carbons (Fsp3) is 0.312. The van der Waals surface area contributed by atoms with Crippen molar-refractivity contribution in [3.8, 4) is 11.5 Å². The molecule has 1 saturated heterocycles. The van der Waals surface area contributed by atoms with Gasteiger partial charge in [0.05, 0.1) is 11.7 Å². The first kappa shape index (κ1) is 13.8. The number of nitrogen functional groups attached to an aromatic ring is 1. The van der Waals surface area contributed by atoms with E-state index in [0.717, 1.165) is 18.5 Å². The van der Waals surface area contributed by atoms with Gasteiger partial charge in [-0.15, -0.1) is 5.10 Å². The van der Waals surface area contributed by atoms with Crippen LogP contribution in [0.25, 0.3) is 0 Å². The Morgan fingerprint density at radius 3 is 2.87 bits per heavy atom. The van der Waals surface area contributed by atoms with Crippen LogP contribution >= 0.6 is 0 Å². The Balaban J connectivity index is 1.60. The number of nitrogens with zero attached hydrogens (tertiary/aromatic N) is 3. The van der Waals surface area contributed by atoms with Gasteiger partial charge in [0.15, 0.2) is 11.5 Å². The van der Waals surface area contributed by atoms with Crippen molar-refractivity contribution < 1.29 is 14.3 Å². The van der Waals surface area contributed by atoms with Crippen molar-refractivity contribution in [1.29, 1.82) is 0 Å². The van der Waals surface area contributed by atoms with E-state index in [1.807, 2.05) is 11.0 Å². The Hall–Kier alpha value is -2.83. The second kappa shape index (κ2) is 5.42. The predicted octanol–water partition coefficient (Wildman–Crippen LogP) is 1.76. The average Bonchev–Trinajstić information content (AvgIpc) is 3.23. The van der Waals surface area contributed by atoms with Crippen molar-refractivity contribution >= 4 is 11.7 Å². The second-order valence-corrected chi connectivity index (χ2v) is 5.61. The minimum absolute atomic E-state index is 0.0376. The molecule has 0 bridgehead atoms. The van der Waals surface area contributed by atoms with Crippen LogP contribution in [0.4, 0.5) is 5.82 Å². The molecule has 3 heterocycles. The zero-order valence-corrected chi connectivity index (χ0v) is 12.4. The lowest BCUT2D eigenvalue weighted by atomic mass is 10.1. The highest BCUT2D eigenvalue weighted by atomic mass is 16.7. The number of fused-ring (bicyclic) bond motifs is 1.